The van der Waals surface area contributed by atoms with Crippen LogP contribution in [0.5, 0.6) is 0 Å². The molecule has 0 aromatic heterocycles. The van der Waals surface area contributed by atoms with Crippen LogP contribution in [0.1, 0.15) is 44.4 Å². The van der Waals surface area contributed by atoms with Crippen LogP contribution in [0.3, 0.4) is 0 Å². The van der Waals surface area contributed by atoms with E-state index in [0.29, 0.717) is 6.61 Å². The molecule has 0 radical (unpaired) electrons. The summed E-state index contributed by atoms with van der Waals surface area (Å²) in [5, 5.41) is 4.20. The number of hydrogen-bond acceptors (Lipinski definition) is 11. The van der Waals surface area contributed by atoms with E-state index in [4.69, 9.17) is 47.4 Å². The Morgan fingerprint density at radius 3 is 1.75 bits per heavy atom. The van der Waals surface area contributed by atoms with Crippen molar-refractivity contribution in [1.29, 1.82) is 0 Å². The van der Waals surface area contributed by atoms with E-state index in [-0.39, 0.29) is 26.4 Å². The number of benzene rings is 3. The second-order valence-electron chi connectivity index (χ2n) is 14.3. The van der Waals surface area contributed by atoms with Gasteiger partial charge in [-0.15, -0.1) is 0 Å². The van der Waals surface area contributed by atoms with E-state index in [1.165, 1.54) is 0 Å². The van der Waals surface area contributed by atoms with E-state index in [2.05, 4.69) is 10.0 Å². The Labute approximate surface area is 303 Å². The van der Waals surface area contributed by atoms with Crippen molar-refractivity contribution in [2.45, 2.75) is 120 Å². The Morgan fingerprint density at radius 1 is 0.596 bits per heavy atom. The second-order valence-corrected chi connectivity index (χ2v) is 14.3. The molecule has 4 heterocycles. The van der Waals surface area contributed by atoms with Gasteiger partial charge in [0.25, 0.3) is 0 Å². The SMILES string of the molecule is CC1(C)O[C@H]2[C@@H](O1)[C@@H](CO[C@@H]1O[C@H](COCc3ccccc3)[C@@H](OCc3ccccc3)[C@H](OCc3ccccc3)[C@H]1N=[N+]=[N-])O[C@@H]1OC(C)(C)O[C@@H]12. The first kappa shape index (κ1) is 36.9. The first-order valence-electron chi connectivity index (χ1n) is 17.8. The minimum absolute atomic E-state index is 0.00820. The van der Waals surface area contributed by atoms with Gasteiger partial charge in [0.2, 0.25) is 0 Å². The van der Waals surface area contributed by atoms with Crippen LogP contribution in [0.4, 0.5) is 0 Å². The third-order valence-electron chi connectivity index (χ3n) is 9.44. The molecule has 3 aromatic carbocycles. The van der Waals surface area contributed by atoms with Gasteiger partial charge in [0, 0.05) is 4.91 Å². The highest BCUT2D eigenvalue weighted by Gasteiger charge is 2.61. The highest BCUT2D eigenvalue weighted by Crippen LogP contribution is 2.44. The predicted octanol–water partition coefficient (Wildman–Crippen LogP) is 6.19. The summed E-state index contributed by atoms with van der Waals surface area (Å²) in [5.41, 5.74) is 12.8. The topological polar surface area (TPSA) is 141 Å². The summed E-state index contributed by atoms with van der Waals surface area (Å²) in [6.45, 7) is 8.42. The smallest absolute Gasteiger partial charge is 0.190 e. The molecule has 0 unspecified atom stereocenters. The summed E-state index contributed by atoms with van der Waals surface area (Å²) in [4.78, 5) is 3.21. The van der Waals surface area contributed by atoms with E-state index >= 15 is 0 Å². The van der Waals surface area contributed by atoms with Crippen molar-refractivity contribution < 1.29 is 47.4 Å². The third kappa shape index (κ3) is 8.84. The number of hydrogen-bond donors (Lipinski definition) is 0. The second kappa shape index (κ2) is 16.3. The predicted molar refractivity (Wildman–Crippen MR) is 186 cm³/mol. The van der Waals surface area contributed by atoms with Crippen molar-refractivity contribution in [3.63, 3.8) is 0 Å². The molecule has 0 amide bonds. The van der Waals surface area contributed by atoms with E-state index in [1.807, 2.05) is 119 Å². The average molecular weight is 718 g/mol. The molecule has 10 atom stereocenters. The minimum atomic E-state index is -1.05. The molecule has 4 aliphatic rings. The Bertz CT molecular complexity index is 1630. The summed E-state index contributed by atoms with van der Waals surface area (Å²) in [6, 6.07) is 28.6. The molecule has 0 aliphatic carbocycles. The van der Waals surface area contributed by atoms with Crippen LogP contribution in [0.2, 0.25) is 0 Å². The fourth-order valence-corrected chi connectivity index (χ4v) is 7.16. The third-order valence-corrected chi connectivity index (χ3v) is 9.44. The van der Waals surface area contributed by atoms with E-state index in [9.17, 15) is 5.53 Å². The maximum Gasteiger partial charge on any atom is 0.190 e. The van der Waals surface area contributed by atoms with Gasteiger partial charge in [-0.05, 0) is 49.9 Å². The van der Waals surface area contributed by atoms with Gasteiger partial charge in [-0.1, -0.05) is 96.1 Å². The Balaban J connectivity index is 1.14. The van der Waals surface area contributed by atoms with Gasteiger partial charge in [-0.3, -0.25) is 0 Å². The molecule has 7 rings (SSSR count). The van der Waals surface area contributed by atoms with Gasteiger partial charge >= 0.3 is 0 Å². The summed E-state index contributed by atoms with van der Waals surface area (Å²) < 4.78 is 63.9. The average Bonchev–Trinajstić information content (AvgIpc) is 3.64. The van der Waals surface area contributed by atoms with Crippen LogP contribution >= 0.6 is 0 Å². The van der Waals surface area contributed by atoms with Crippen LogP contribution < -0.4 is 0 Å². The molecule has 278 valence electrons. The molecule has 13 heteroatoms. The zero-order chi connectivity index (χ0) is 36.1. The Morgan fingerprint density at radius 2 is 1.13 bits per heavy atom. The molecular formula is C39H47N3O10. The van der Waals surface area contributed by atoms with E-state index < -0.39 is 72.9 Å². The number of nitrogens with zero attached hydrogens (tertiary/aromatic N) is 3. The summed E-state index contributed by atoms with van der Waals surface area (Å²) in [5.74, 6) is -1.74. The maximum atomic E-state index is 9.85. The van der Waals surface area contributed by atoms with Gasteiger partial charge in [-0.25, -0.2) is 0 Å². The Kier molecular flexibility index (Phi) is 11.6. The van der Waals surface area contributed by atoms with Crippen LogP contribution in [0.15, 0.2) is 96.1 Å². The van der Waals surface area contributed by atoms with Crippen molar-refractivity contribution in [2.75, 3.05) is 13.2 Å². The lowest BCUT2D eigenvalue weighted by molar-refractivity contribution is -0.302. The highest BCUT2D eigenvalue weighted by atomic mass is 16.9. The zero-order valence-electron chi connectivity index (χ0n) is 29.9. The van der Waals surface area contributed by atoms with Crippen LogP contribution in [0, 0.1) is 0 Å². The monoisotopic (exact) mass is 717 g/mol. The lowest BCUT2D eigenvalue weighted by atomic mass is 9.96. The summed E-state index contributed by atoms with van der Waals surface area (Å²) >= 11 is 0. The van der Waals surface area contributed by atoms with Crippen molar-refractivity contribution in [2.24, 2.45) is 5.11 Å². The number of rotatable bonds is 14. The molecule has 4 saturated heterocycles. The standard InChI is InChI=1S/C39H47N3O10/c1-38(2)49-32-29(48-37-35(34(32)50-38)51-39(3,4)52-37)24-46-36-30(41-42-40)33(45-22-27-18-12-7-13-19-27)31(44-21-26-16-10-6-11-17-26)28(47-36)23-43-20-25-14-8-5-9-15-25/h5-19,28-37H,20-24H2,1-4H3/t28-,29-,30-,31-,32+,33-,34+,35-,36-,37-/m1/s1. The van der Waals surface area contributed by atoms with Crippen LogP contribution in [0.25, 0.3) is 10.4 Å². The molecule has 0 bridgehead atoms. The van der Waals surface area contributed by atoms with Crippen molar-refractivity contribution in [1.82, 2.24) is 0 Å². The minimum Gasteiger partial charge on any atom is -0.374 e. The molecular weight excluding hydrogens is 670 g/mol. The van der Waals surface area contributed by atoms with Gasteiger partial charge in [0.1, 0.15) is 48.8 Å². The maximum absolute atomic E-state index is 9.85. The number of fused-ring (bicyclic) bond motifs is 3. The van der Waals surface area contributed by atoms with Crippen molar-refractivity contribution in [3.05, 3.63) is 118 Å². The molecule has 0 saturated carbocycles. The number of azide groups is 1. The number of ether oxygens (including phenoxy) is 10. The van der Waals surface area contributed by atoms with Gasteiger partial charge in [0.05, 0.1) is 33.0 Å². The summed E-state index contributed by atoms with van der Waals surface area (Å²) in [7, 11) is 0. The normalized spacial score (nSPS) is 33.2. The molecule has 52 heavy (non-hydrogen) atoms. The molecule has 3 aromatic rings. The van der Waals surface area contributed by atoms with Gasteiger partial charge in [-0.2, -0.15) is 0 Å². The Hall–Kier alpha value is -3.43. The largest absolute Gasteiger partial charge is 0.374 e. The van der Waals surface area contributed by atoms with Gasteiger partial charge < -0.3 is 47.4 Å². The quantitative estimate of drug-likeness (QED) is 0.108. The van der Waals surface area contributed by atoms with Gasteiger partial charge in [0.15, 0.2) is 24.2 Å². The highest BCUT2D eigenvalue weighted by molar-refractivity contribution is 5.16. The molecule has 13 nitrogen and oxygen atoms in total. The summed E-state index contributed by atoms with van der Waals surface area (Å²) in [6.07, 6.45) is -5.95. The lowest BCUT2D eigenvalue weighted by Crippen LogP contribution is -2.61. The van der Waals surface area contributed by atoms with E-state index in [1.54, 1.807) is 0 Å². The van der Waals surface area contributed by atoms with Crippen molar-refractivity contribution >= 4 is 0 Å². The fraction of sp³-hybridized carbons (Fsp3) is 0.538. The van der Waals surface area contributed by atoms with Crippen LogP contribution in [-0.4, -0.2) is 86.1 Å². The van der Waals surface area contributed by atoms with Crippen molar-refractivity contribution in [3.8, 4) is 0 Å². The van der Waals surface area contributed by atoms with Crippen LogP contribution in [-0.2, 0) is 67.2 Å². The molecule has 0 spiro atoms. The first-order valence-corrected chi connectivity index (χ1v) is 17.8. The molecule has 4 aliphatic heterocycles. The van der Waals surface area contributed by atoms with E-state index in [0.717, 1.165) is 16.7 Å². The fourth-order valence-electron chi connectivity index (χ4n) is 7.16. The zero-order valence-corrected chi connectivity index (χ0v) is 29.9. The molecule has 0 N–H and O–H groups in total. The lowest BCUT2D eigenvalue weighted by Gasteiger charge is -2.45. The first-order chi connectivity index (χ1) is 25.2. The molecule has 4 fully saturated rings.